The summed E-state index contributed by atoms with van der Waals surface area (Å²) < 4.78 is 19.4. The molecule has 1 N–H and O–H groups in total. The third-order valence-electron chi connectivity index (χ3n) is 6.57. The Hall–Kier alpha value is -3.80. The van der Waals surface area contributed by atoms with Crippen LogP contribution >= 0.6 is 0 Å². The zero-order valence-corrected chi connectivity index (χ0v) is 19.3. The third-order valence-corrected chi connectivity index (χ3v) is 6.57. The van der Waals surface area contributed by atoms with Gasteiger partial charge in [0.05, 0.1) is 7.11 Å². The molecule has 2 heterocycles. The van der Waals surface area contributed by atoms with Crippen molar-refractivity contribution < 1.29 is 13.9 Å². The molecule has 0 saturated carbocycles. The number of fused-ring (bicyclic) bond motifs is 1. The number of piperazine rings is 1. The van der Waals surface area contributed by atoms with Crippen molar-refractivity contribution in [2.75, 3.05) is 38.2 Å². The van der Waals surface area contributed by atoms with Crippen molar-refractivity contribution in [3.05, 3.63) is 84.2 Å². The van der Waals surface area contributed by atoms with Crippen molar-refractivity contribution in [3.8, 4) is 17.0 Å². The molecule has 0 spiro atoms. The minimum atomic E-state index is -0.271. The number of aryl methyl sites for hydroxylation is 1. The van der Waals surface area contributed by atoms with Gasteiger partial charge in [0.15, 0.2) is 0 Å². The molecule has 0 aliphatic carbocycles. The molecule has 1 saturated heterocycles. The SMILES string of the molecule is COc1cccc(N2CCN(C(=O)CCc3c(-c4ccccc4)[nH]c4ccc(F)cc34)CC2)c1. The lowest BCUT2D eigenvalue weighted by molar-refractivity contribution is -0.131. The van der Waals surface area contributed by atoms with Crippen LogP contribution in [0, 0.1) is 5.82 Å². The molecule has 1 amide bonds. The molecule has 1 aliphatic rings. The maximum absolute atomic E-state index is 14.0. The van der Waals surface area contributed by atoms with E-state index < -0.39 is 0 Å². The number of H-pyrrole nitrogens is 1. The van der Waals surface area contributed by atoms with Crippen LogP contribution in [0.15, 0.2) is 72.8 Å². The number of ether oxygens (including phenoxy) is 1. The Kier molecular flexibility index (Phi) is 6.21. The number of nitrogens with one attached hydrogen (secondary N) is 1. The van der Waals surface area contributed by atoms with Crippen LogP contribution in [0.2, 0.25) is 0 Å². The van der Waals surface area contributed by atoms with E-state index in [0.717, 1.165) is 52.3 Å². The van der Waals surface area contributed by atoms with Gasteiger partial charge in [0.2, 0.25) is 5.91 Å². The minimum absolute atomic E-state index is 0.134. The van der Waals surface area contributed by atoms with Crippen LogP contribution in [-0.2, 0) is 11.2 Å². The van der Waals surface area contributed by atoms with E-state index in [2.05, 4.69) is 16.0 Å². The van der Waals surface area contributed by atoms with Gasteiger partial charge in [-0.25, -0.2) is 4.39 Å². The topological polar surface area (TPSA) is 48.6 Å². The van der Waals surface area contributed by atoms with E-state index in [9.17, 15) is 9.18 Å². The highest BCUT2D eigenvalue weighted by Gasteiger charge is 2.22. The maximum Gasteiger partial charge on any atom is 0.223 e. The lowest BCUT2D eigenvalue weighted by Gasteiger charge is -2.36. The van der Waals surface area contributed by atoms with Crippen LogP contribution in [0.1, 0.15) is 12.0 Å². The number of aromatic nitrogens is 1. The third kappa shape index (κ3) is 4.49. The van der Waals surface area contributed by atoms with Crippen LogP contribution in [0.5, 0.6) is 5.75 Å². The number of aromatic amines is 1. The summed E-state index contributed by atoms with van der Waals surface area (Å²) in [7, 11) is 1.67. The van der Waals surface area contributed by atoms with Crippen LogP contribution in [0.4, 0.5) is 10.1 Å². The summed E-state index contributed by atoms with van der Waals surface area (Å²) in [5.74, 6) is 0.697. The Bertz CT molecular complexity index is 1290. The second kappa shape index (κ2) is 9.59. The molecule has 1 aromatic heterocycles. The number of amides is 1. The van der Waals surface area contributed by atoms with Gasteiger partial charge in [-0.3, -0.25) is 4.79 Å². The molecule has 0 bridgehead atoms. The molecular weight excluding hydrogens is 429 g/mol. The van der Waals surface area contributed by atoms with Crippen molar-refractivity contribution in [2.45, 2.75) is 12.8 Å². The lowest BCUT2D eigenvalue weighted by atomic mass is 10.0. The number of nitrogens with zero attached hydrogens (tertiary/aromatic N) is 2. The first kappa shape index (κ1) is 22.0. The molecule has 4 aromatic rings. The fraction of sp³-hybridized carbons (Fsp3) is 0.250. The number of rotatable bonds is 6. The quantitative estimate of drug-likeness (QED) is 0.429. The van der Waals surface area contributed by atoms with Gasteiger partial charge in [-0.15, -0.1) is 0 Å². The van der Waals surface area contributed by atoms with Gasteiger partial charge in [0.25, 0.3) is 0 Å². The molecule has 5 nitrogen and oxygen atoms in total. The highest BCUT2D eigenvalue weighted by atomic mass is 19.1. The number of benzene rings is 3. The molecule has 1 aliphatic heterocycles. The highest BCUT2D eigenvalue weighted by molar-refractivity contribution is 5.91. The van der Waals surface area contributed by atoms with E-state index in [1.807, 2.05) is 53.4 Å². The summed E-state index contributed by atoms with van der Waals surface area (Å²) in [4.78, 5) is 20.7. The summed E-state index contributed by atoms with van der Waals surface area (Å²) in [6.07, 6.45) is 0.949. The molecule has 3 aromatic carbocycles. The first-order valence-electron chi connectivity index (χ1n) is 11.6. The molecule has 34 heavy (non-hydrogen) atoms. The molecule has 0 radical (unpaired) electrons. The van der Waals surface area contributed by atoms with Gasteiger partial charge in [0, 0.05) is 61.0 Å². The van der Waals surface area contributed by atoms with E-state index >= 15 is 0 Å². The summed E-state index contributed by atoms with van der Waals surface area (Å²) in [6.45, 7) is 2.94. The predicted molar refractivity (Wildman–Crippen MR) is 134 cm³/mol. The Morgan fingerprint density at radius 1 is 0.971 bits per heavy atom. The fourth-order valence-corrected chi connectivity index (χ4v) is 4.74. The van der Waals surface area contributed by atoms with Gasteiger partial charge in [-0.1, -0.05) is 36.4 Å². The molecule has 6 heteroatoms. The first-order chi connectivity index (χ1) is 16.6. The maximum atomic E-state index is 14.0. The Balaban J connectivity index is 1.28. The normalized spacial score (nSPS) is 13.9. The van der Waals surface area contributed by atoms with E-state index in [0.29, 0.717) is 25.9 Å². The number of hydrogen-bond donors (Lipinski definition) is 1. The molecule has 0 atom stereocenters. The molecule has 0 unspecified atom stereocenters. The van der Waals surface area contributed by atoms with Gasteiger partial charge in [-0.2, -0.15) is 0 Å². The van der Waals surface area contributed by atoms with Crippen molar-refractivity contribution in [1.29, 1.82) is 0 Å². The Labute approximate surface area is 198 Å². The largest absolute Gasteiger partial charge is 0.497 e. The van der Waals surface area contributed by atoms with Crippen LogP contribution in [0.3, 0.4) is 0 Å². The zero-order chi connectivity index (χ0) is 23.5. The average Bonchev–Trinajstić information content (AvgIpc) is 3.25. The van der Waals surface area contributed by atoms with Crippen molar-refractivity contribution in [1.82, 2.24) is 9.88 Å². The highest BCUT2D eigenvalue weighted by Crippen LogP contribution is 2.32. The zero-order valence-electron chi connectivity index (χ0n) is 19.3. The first-order valence-corrected chi connectivity index (χ1v) is 11.6. The van der Waals surface area contributed by atoms with Gasteiger partial charge in [0.1, 0.15) is 11.6 Å². The van der Waals surface area contributed by atoms with Gasteiger partial charge < -0.3 is 19.5 Å². The smallest absolute Gasteiger partial charge is 0.223 e. The lowest BCUT2D eigenvalue weighted by Crippen LogP contribution is -2.48. The molecule has 174 valence electrons. The van der Waals surface area contributed by atoms with Crippen LogP contribution < -0.4 is 9.64 Å². The average molecular weight is 458 g/mol. The van der Waals surface area contributed by atoms with Crippen molar-refractivity contribution in [3.63, 3.8) is 0 Å². The second-order valence-corrected chi connectivity index (χ2v) is 8.60. The van der Waals surface area contributed by atoms with Gasteiger partial charge in [-0.05, 0) is 47.9 Å². The predicted octanol–water partition coefficient (Wildman–Crippen LogP) is 5.26. The Morgan fingerprint density at radius 2 is 1.76 bits per heavy atom. The van der Waals surface area contributed by atoms with Gasteiger partial charge >= 0.3 is 0 Å². The van der Waals surface area contributed by atoms with E-state index in [1.165, 1.54) is 6.07 Å². The number of carbonyl (C=O) groups excluding carboxylic acids is 1. The van der Waals surface area contributed by atoms with E-state index in [4.69, 9.17) is 4.74 Å². The molecular formula is C28H28FN3O2. The number of halogens is 1. The summed E-state index contributed by atoms with van der Waals surface area (Å²) in [6, 6.07) is 22.8. The number of anilines is 1. The minimum Gasteiger partial charge on any atom is -0.497 e. The van der Waals surface area contributed by atoms with Crippen LogP contribution in [0.25, 0.3) is 22.2 Å². The van der Waals surface area contributed by atoms with Crippen molar-refractivity contribution >= 4 is 22.5 Å². The number of carbonyl (C=O) groups is 1. The summed E-state index contributed by atoms with van der Waals surface area (Å²) in [5.41, 5.74) is 4.98. The van der Waals surface area contributed by atoms with E-state index in [-0.39, 0.29) is 11.7 Å². The number of methoxy groups -OCH3 is 1. The van der Waals surface area contributed by atoms with E-state index in [1.54, 1.807) is 19.2 Å². The molecule has 5 rings (SSSR count). The number of hydrogen-bond acceptors (Lipinski definition) is 3. The Morgan fingerprint density at radius 3 is 2.53 bits per heavy atom. The fourth-order valence-electron chi connectivity index (χ4n) is 4.74. The van der Waals surface area contributed by atoms with Crippen LogP contribution in [-0.4, -0.2) is 49.1 Å². The standard InChI is InChI=1S/C28H28FN3O2/c1-34-23-9-5-8-22(19-23)31-14-16-32(17-15-31)27(33)13-11-24-25-18-21(29)10-12-26(25)30-28(24)20-6-3-2-4-7-20/h2-10,12,18-19,30H,11,13-17H2,1H3. The van der Waals surface area contributed by atoms with Crippen molar-refractivity contribution in [2.24, 2.45) is 0 Å². The monoisotopic (exact) mass is 457 g/mol. The second-order valence-electron chi connectivity index (χ2n) is 8.60. The summed E-state index contributed by atoms with van der Waals surface area (Å²) in [5, 5.41) is 0.842. The molecule has 1 fully saturated rings. The summed E-state index contributed by atoms with van der Waals surface area (Å²) >= 11 is 0.